The lowest BCUT2D eigenvalue weighted by Gasteiger charge is -2.15. The molecule has 0 saturated heterocycles. The average molecular weight is 315 g/mol. The van der Waals surface area contributed by atoms with Crippen LogP contribution in [-0.4, -0.2) is 19.8 Å². The van der Waals surface area contributed by atoms with Gasteiger partial charge in [0.1, 0.15) is 0 Å². The summed E-state index contributed by atoms with van der Waals surface area (Å²) >= 11 is 4.22. The molecule has 1 atom stereocenters. The zero-order valence-electron chi connectivity index (χ0n) is 12.3. The molecule has 21 heavy (non-hydrogen) atoms. The standard InChI is InChI=1S/C13H21N3O4S/c1-3-5-10(9-21)7-15-12(17)11(16(19)20)8-14(6-4-2)13(15)18/h8,10,21H,3-7,9H2,1-2H3. The van der Waals surface area contributed by atoms with Gasteiger partial charge in [0.2, 0.25) is 0 Å². The van der Waals surface area contributed by atoms with Crippen LogP contribution in [0.15, 0.2) is 15.8 Å². The number of aryl methyl sites for hydroxylation is 1. The van der Waals surface area contributed by atoms with Crippen LogP contribution in [-0.2, 0) is 13.1 Å². The van der Waals surface area contributed by atoms with E-state index in [2.05, 4.69) is 12.6 Å². The number of nitro groups is 1. The van der Waals surface area contributed by atoms with Gasteiger partial charge in [-0.2, -0.15) is 12.6 Å². The second-order valence-corrected chi connectivity index (χ2v) is 5.37. The van der Waals surface area contributed by atoms with Crippen LogP contribution in [0.4, 0.5) is 5.69 Å². The first kappa shape index (κ1) is 17.5. The summed E-state index contributed by atoms with van der Waals surface area (Å²) in [5, 5.41) is 11.0. The van der Waals surface area contributed by atoms with E-state index >= 15 is 0 Å². The van der Waals surface area contributed by atoms with Crippen LogP contribution in [0, 0.1) is 16.0 Å². The minimum atomic E-state index is -0.833. The van der Waals surface area contributed by atoms with Crippen molar-refractivity contribution in [1.82, 2.24) is 9.13 Å². The topological polar surface area (TPSA) is 87.1 Å². The number of hydrogen-bond acceptors (Lipinski definition) is 5. The van der Waals surface area contributed by atoms with Crippen LogP contribution in [0.25, 0.3) is 0 Å². The van der Waals surface area contributed by atoms with Crippen molar-refractivity contribution in [2.45, 2.75) is 46.2 Å². The Balaban J connectivity index is 3.37. The molecule has 0 N–H and O–H groups in total. The van der Waals surface area contributed by atoms with Crippen LogP contribution < -0.4 is 11.2 Å². The predicted octanol–water partition coefficient (Wildman–Crippen LogP) is 1.67. The fourth-order valence-corrected chi connectivity index (χ4v) is 2.53. The highest BCUT2D eigenvalue weighted by Gasteiger charge is 2.21. The second kappa shape index (κ2) is 8.02. The van der Waals surface area contributed by atoms with Crippen molar-refractivity contribution in [3.8, 4) is 0 Å². The molecule has 1 unspecified atom stereocenters. The van der Waals surface area contributed by atoms with Crippen LogP contribution in [0.1, 0.15) is 33.1 Å². The third-order valence-corrected chi connectivity index (χ3v) is 3.79. The fourth-order valence-electron chi connectivity index (χ4n) is 2.23. The maximum Gasteiger partial charge on any atom is 0.350 e. The van der Waals surface area contributed by atoms with Crippen molar-refractivity contribution >= 4 is 18.3 Å². The molecule has 0 radical (unpaired) electrons. The Hall–Kier alpha value is -1.57. The fraction of sp³-hybridized carbons (Fsp3) is 0.692. The number of aromatic nitrogens is 2. The molecule has 1 aromatic rings. The zero-order chi connectivity index (χ0) is 16.0. The Morgan fingerprint density at radius 2 is 2.00 bits per heavy atom. The highest BCUT2D eigenvalue weighted by Crippen LogP contribution is 2.10. The van der Waals surface area contributed by atoms with E-state index in [0.29, 0.717) is 18.7 Å². The van der Waals surface area contributed by atoms with Crippen molar-refractivity contribution in [3.63, 3.8) is 0 Å². The van der Waals surface area contributed by atoms with E-state index in [1.54, 1.807) is 0 Å². The summed E-state index contributed by atoms with van der Waals surface area (Å²) in [7, 11) is 0. The minimum absolute atomic E-state index is 0.0424. The molecule has 1 heterocycles. The molecule has 0 aliphatic rings. The van der Waals surface area contributed by atoms with Crippen LogP contribution in [0.2, 0.25) is 0 Å². The van der Waals surface area contributed by atoms with E-state index in [4.69, 9.17) is 0 Å². The van der Waals surface area contributed by atoms with Gasteiger partial charge in [-0.05, 0) is 24.5 Å². The van der Waals surface area contributed by atoms with Crippen molar-refractivity contribution in [1.29, 1.82) is 0 Å². The minimum Gasteiger partial charge on any atom is -0.293 e. The Labute approximate surface area is 128 Å². The normalized spacial score (nSPS) is 12.3. The van der Waals surface area contributed by atoms with Crippen molar-refractivity contribution in [2.75, 3.05) is 5.75 Å². The molecule has 0 aromatic carbocycles. The van der Waals surface area contributed by atoms with Gasteiger partial charge in [-0.1, -0.05) is 20.3 Å². The molecular weight excluding hydrogens is 294 g/mol. The van der Waals surface area contributed by atoms with Gasteiger partial charge in [-0.25, -0.2) is 4.79 Å². The molecule has 0 aliphatic heterocycles. The van der Waals surface area contributed by atoms with E-state index < -0.39 is 21.9 Å². The van der Waals surface area contributed by atoms with Gasteiger partial charge < -0.3 is 0 Å². The number of nitrogens with zero attached hydrogens (tertiary/aromatic N) is 3. The van der Waals surface area contributed by atoms with E-state index in [1.165, 1.54) is 4.57 Å². The lowest BCUT2D eigenvalue weighted by atomic mass is 10.1. The van der Waals surface area contributed by atoms with Gasteiger partial charge in [0.05, 0.1) is 11.1 Å². The van der Waals surface area contributed by atoms with Crippen molar-refractivity contribution < 1.29 is 4.92 Å². The van der Waals surface area contributed by atoms with Crippen molar-refractivity contribution in [3.05, 3.63) is 37.1 Å². The highest BCUT2D eigenvalue weighted by atomic mass is 32.1. The summed E-state index contributed by atoms with van der Waals surface area (Å²) < 4.78 is 2.21. The van der Waals surface area contributed by atoms with E-state index in [-0.39, 0.29) is 12.5 Å². The Morgan fingerprint density at radius 3 is 2.48 bits per heavy atom. The van der Waals surface area contributed by atoms with Gasteiger partial charge >= 0.3 is 16.9 Å². The largest absolute Gasteiger partial charge is 0.350 e. The molecule has 0 saturated carbocycles. The monoisotopic (exact) mass is 315 g/mol. The van der Waals surface area contributed by atoms with E-state index in [0.717, 1.165) is 23.6 Å². The van der Waals surface area contributed by atoms with Crippen molar-refractivity contribution in [2.24, 2.45) is 5.92 Å². The van der Waals surface area contributed by atoms with Gasteiger partial charge in [-0.3, -0.25) is 24.0 Å². The quantitative estimate of drug-likeness (QED) is 0.449. The third kappa shape index (κ3) is 4.20. The molecule has 1 rings (SSSR count). The molecule has 8 heteroatoms. The zero-order valence-corrected chi connectivity index (χ0v) is 13.2. The Morgan fingerprint density at radius 1 is 1.33 bits per heavy atom. The molecule has 0 spiro atoms. The number of rotatable bonds is 8. The van der Waals surface area contributed by atoms with E-state index in [9.17, 15) is 19.7 Å². The molecule has 1 aromatic heterocycles. The lowest BCUT2D eigenvalue weighted by molar-refractivity contribution is -0.387. The molecule has 0 bridgehead atoms. The molecule has 0 amide bonds. The Bertz CT molecular complexity index is 608. The van der Waals surface area contributed by atoms with Gasteiger partial charge in [0, 0.05) is 13.1 Å². The number of thiol groups is 1. The van der Waals surface area contributed by atoms with Crippen LogP contribution in [0.3, 0.4) is 0 Å². The third-order valence-electron chi connectivity index (χ3n) is 3.28. The summed E-state index contributed by atoms with van der Waals surface area (Å²) in [5.74, 6) is 0.566. The van der Waals surface area contributed by atoms with Gasteiger partial charge in [-0.15, -0.1) is 0 Å². The Kier molecular flexibility index (Phi) is 6.67. The van der Waals surface area contributed by atoms with Crippen LogP contribution >= 0.6 is 12.6 Å². The molecule has 0 aliphatic carbocycles. The van der Waals surface area contributed by atoms with Crippen LogP contribution in [0.5, 0.6) is 0 Å². The molecule has 0 fully saturated rings. The number of hydrogen-bond donors (Lipinski definition) is 1. The van der Waals surface area contributed by atoms with E-state index in [1.807, 2.05) is 13.8 Å². The van der Waals surface area contributed by atoms with Gasteiger partial charge in [0.25, 0.3) is 0 Å². The first-order valence-electron chi connectivity index (χ1n) is 7.05. The summed E-state index contributed by atoms with van der Waals surface area (Å²) in [5.41, 5.74) is -1.88. The first-order chi connectivity index (χ1) is 9.96. The first-order valence-corrected chi connectivity index (χ1v) is 7.68. The summed E-state index contributed by atoms with van der Waals surface area (Å²) in [6.07, 6.45) is 3.41. The predicted molar refractivity (Wildman–Crippen MR) is 84.2 cm³/mol. The second-order valence-electron chi connectivity index (χ2n) is 5.00. The average Bonchev–Trinajstić information content (AvgIpc) is 2.44. The smallest absolute Gasteiger partial charge is 0.293 e. The highest BCUT2D eigenvalue weighted by molar-refractivity contribution is 7.80. The maximum absolute atomic E-state index is 12.3. The lowest BCUT2D eigenvalue weighted by Crippen LogP contribution is -2.42. The molecule has 7 nitrogen and oxygen atoms in total. The maximum atomic E-state index is 12.3. The molecule has 118 valence electrons. The summed E-state index contributed by atoms with van der Waals surface area (Å²) in [6, 6.07) is 0. The van der Waals surface area contributed by atoms with Gasteiger partial charge in [0.15, 0.2) is 0 Å². The summed E-state index contributed by atoms with van der Waals surface area (Å²) in [6.45, 7) is 4.38. The summed E-state index contributed by atoms with van der Waals surface area (Å²) in [4.78, 5) is 34.7. The SMILES string of the molecule is CCCC(CS)Cn1c(=O)c([N+](=O)[O-])cn(CCC)c1=O. The molecular formula is C13H21N3O4S.